The van der Waals surface area contributed by atoms with E-state index in [9.17, 15) is 4.79 Å². The van der Waals surface area contributed by atoms with E-state index >= 15 is 0 Å². The number of ether oxygens (including phenoxy) is 1. The zero-order valence-electron chi connectivity index (χ0n) is 18.0. The van der Waals surface area contributed by atoms with Gasteiger partial charge in [-0.2, -0.15) is 0 Å². The fraction of sp³-hybridized carbons (Fsp3) is 0.160. The van der Waals surface area contributed by atoms with Gasteiger partial charge in [0.2, 0.25) is 0 Å². The Morgan fingerprint density at radius 3 is 2.66 bits per heavy atom. The van der Waals surface area contributed by atoms with Crippen molar-refractivity contribution in [2.75, 3.05) is 12.4 Å². The monoisotopic (exact) mass is 444 g/mol. The standard InChI is InChI=1S/C25H24N4O2S/c1-17-5-10-23-19(12-17)13-20(24(30)28-23)16-29(15-18-4-3-11-26-14-18)25(32)27-21-6-8-22(31-2)9-7-21/h3-14H,15-16H2,1-2H3,(H,27,32)(H,28,30). The van der Waals surface area contributed by atoms with Crippen molar-refractivity contribution in [1.29, 1.82) is 0 Å². The third kappa shape index (κ3) is 5.12. The average molecular weight is 445 g/mol. The van der Waals surface area contributed by atoms with Crippen molar-refractivity contribution in [3.05, 3.63) is 100 Å². The van der Waals surface area contributed by atoms with Crippen LogP contribution in [0.3, 0.4) is 0 Å². The van der Waals surface area contributed by atoms with E-state index in [0.29, 0.717) is 23.8 Å². The highest BCUT2D eigenvalue weighted by atomic mass is 32.1. The molecular formula is C25H24N4O2S. The maximum atomic E-state index is 12.8. The lowest BCUT2D eigenvalue weighted by atomic mass is 10.1. The Morgan fingerprint density at radius 2 is 1.94 bits per heavy atom. The molecule has 0 aliphatic heterocycles. The average Bonchev–Trinajstić information content (AvgIpc) is 2.80. The lowest BCUT2D eigenvalue weighted by molar-refractivity contribution is 0.410. The second-order valence-corrected chi connectivity index (χ2v) is 7.98. The van der Waals surface area contributed by atoms with Gasteiger partial charge < -0.3 is 19.9 Å². The topological polar surface area (TPSA) is 70.2 Å². The first-order valence-electron chi connectivity index (χ1n) is 10.2. The van der Waals surface area contributed by atoms with Crippen molar-refractivity contribution in [2.45, 2.75) is 20.0 Å². The van der Waals surface area contributed by atoms with Crippen LogP contribution in [-0.2, 0) is 13.1 Å². The first-order valence-corrected chi connectivity index (χ1v) is 10.6. The molecule has 0 fully saturated rings. The molecule has 2 aromatic heterocycles. The van der Waals surface area contributed by atoms with Crippen LogP contribution in [0, 0.1) is 6.92 Å². The number of rotatable bonds is 6. The molecule has 2 heterocycles. The summed E-state index contributed by atoms with van der Waals surface area (Å²) >= 11 is 5.73. The van der Waals surface area contributed by atoms with Crippen LogP contribution in [0.2, 0.25) is 0 Å². The molecule has 4 aromatic rings. The normalized spacial score (nSPS) is 10.7. The van der Waals surface area contributed by atoms with Gasteiger partial charge in [-0.1, -0.05) is 17.7 Å². The van der Waals surface area contributed by atoms with Crippen LogP contribution in [0.15, 0.2) is 77.9 Å². The van der Waals surface area contributed by atoms with Crippen molar-refractivity contribution >= 4 is 33.9 Å². The van der Waals surface area contributed by atoms with Crippen LogP contribution >= 0.6 is 12.2 Å². The summed E-state index contributed by atoms with van der Waals surface area (Å²) in [6.45, 7) is 2.91. The summed E-state index contributed by atoms with van der Waals surface area (Å²) in [4.78, 5) is 21.9. The zero-order valence-corrected chi connectivity index (χ0v) is 18.8. The molecule has 0 saturated carbocycles. The number of aryl methyl sites for hydroxylation is 1. The number of hydrogen-bond acceptors (Lipinski definition) is 4. The number of aromatic amines is 1. The summed E-state index contributed by atoms with van der Waals surface area (Å²) in [5.74, 6) is 0.770. The molecule has 0 bridgehead atoms. The highest BCUT2D eigenvalue weighted by Gasteiger charge is 2.15. The Bertz CT molecular complexity index is 1290. The van der Waals surface area contributed by atoms with Crippen LogP contribution in [-0.4, -0.2) is 27.1 Å². The maximum Gasteiger partial charge on any atom is 0.253 e. The van der Waals surface area contributed by atoms with E-state index in [4.69, 9.17) is 17.0 Å². The second-order valence-electron chi connectivity index (χ2n) is 7.59. The lowest BCUT2D eigenvalue weighted by Gasteiger charge is -2.26. The number of anilines is 1. The molecule has 0 aliphatic rings. The van der Waals surface area contributed by atoms with Crippen molar-refractivity contribution < 1.29 is 4.74 Å². The molecule has 4 rings (SSSR count). The molecule has 0 saturated heterocycles. The Balaban J connectivity index is 1.62. The fourth-order valence-corrected chi connectivity index (χ4v) is 3.73. The molecule has 7 heteroatoms. The van der Waals surface area contributed by atoms with E-state index in [1.54, 1.807) is 19.5 Å². The molecule has 0 radical (unpaired) electrons. The quantitative estimate of drug-likeness (QED) is 0.422. The summed E-state index contributed by atoms with van der Waals surface area (Å²) in [5, 5.41) is 4.78. The van der Waals surface area contributed by atoms with Crippen LogP contribution in [0.1, 0.15) is 16.7 Å². The fourth-order valence-electron chi connectivity index (χ4n) is 3.48. The van der Waals surface area contributed by atoms with E-state index < -0.39 is 0 Å². The number of thiocarbonyl (C=S) groups is 1. The number of methoxy groups -OCH3 is 1. The van der Waals surface area contributed by atoms with E-state index in [-0.39, 0.29) is 5.56 Å². The van der Waals surface area contributed by atoms with Gasteiger partial charge in [0.15, 0.2) is 5.11 Å². The highest BCUT2D eigenvalue weighted by Crippen LogP contribution is 2.18. The first-order chi connectivity index (χ1) is 15.5. The summed E-state index contributed by atoms with van der Waals surface area (Å²) in [6, 6.07) is 19.3. The summed E-state index contributed by atoms with van der Waals surface area (Å²) in [5.41, 5.74) is 4.33. The Labute approximate surface area is 191 Å². The van der Waals surface area contributed by atoms with Crippen molar-refractivity contribution in [2.24, 2.45) is 0 Å². The predicted octanol–water partition coefficient (Wildman–Crippen LogP) is 4.64. The molecular weight excluding hydrogens is 420 g/mol. The molecule has 0 aliphatic carbocycles. The Kier molecular flexibility index (Phi) is 6.47. The van der Waals surface area contributed by atoms with E-state index in [0.717, 1.165) is 33.5 Å². The summed E-state index contributed by atoms with van der Waals surface area (Å²) in [7, 11) is 1.63. The Hall–Kier alpha value is -3.71. The predicted molar refractivity (Wildman–Crippen MR) is 132 cm³/mol. The second kappa shape index (κ2) is 9.62. The number of aromatic nitrogens is 2. The molecule has 2 N–H and O–H groups in total. The minimum absolute atomic E-state index is 0.121. The van der Waals surface area contributed by atoms with Gasteiger partial charge in [-0.3, -0.25) is 9.78 Å². The number of nitrogens with one attached hydrogen (secondary N) is 2. The van der Waals surface area contributed by atoms with Gasteiger partial charge in [-0.15, -0.1) is 0 Å². The largest absolute Gasteiger partial charge is 0.497 e. The van der Waals surface area contributed by atoms with Gasteiger partial charge in [0.1, 0.15) is 5.75 Å². The molecule has 32 heavy (non-hydrogen) atoms. The zero-order chi connectivity index (χ0) is 22.5. The summed E-state index contributed by atoms with van der Waals surface area (Å²) < 4.78 is 5.22. The number of fused-ring (bicyclic) bond motifs is 1. The SMILES string of the molecule is COc1ccc(NC(=S)N(Cc2cccnc2)Cc2cc3cc(C)ccc3[nH]c2=O)cc1. The van der Waals surface area contributed by atoms with Crippen molar-refractivity contribution in [1.82, 2.24) is 14.9 Å². The van der Waals surface area contributed by atoms with Crippen LogP contribution in [0.5, 0.6) is 5.75 Å². The van der Waals surface area contributed by atoms with Gasteiger partial charge in [0, 0.05) is 35.7 Å². The van der Waals surface area contributed by atoms with Crippen molar-refractivity contribution in [3.63, 3.8) is 0 Å². The molecule has 0 amide bonds. The molecule has 6 nitrogen and oxygen atoms in total. The number of H-pyrrole nitrogens is 1. The molecule has 0 unspecified atom stereocenters. The third-order valence-corrected chi connectivity index (χ3v) is 5.52. The minimum atomic E-state index is -0.121. The van der Waals surface area contributed by atoms with Crippen LogP contribution in [0.4, 0.5) is 5.69 Å². The molecule has 162 valence electrons. The number of benzene rings is 2. The van der Waals surface area contributed by atoms with Gasteiger partial charge in [-0.05, 0) is 78.6 Å². The maximum absolute atomic E-state index is 12.8. The number of pyridine rings is 2. The van der Waals surface area contributed by atoms with E-state index in [1.165, 1.54) is 0 Å². The minimum Gasteiger partial charge on any atom is -0.497 e. The van der Waals surface area contributed by atoms with Crippen LogP contribution in [0.25, 0.3) is 10.9 Å². The number of hydrogen-bond donors (Lipinski definition) is 2. The van der Waals surface area contributed by atoms with Gasteiger partial charge in [0.05, 0.1) is 13.7 Å². The van der Waals surface area contributed by atoms with Crippen molar-refractivity contribution in [3.8, 4) is 5.75 Å². The number of nitrogens with zero attached hydrogens (tertiary/aromatic N) is 2. The molecule has 2 aromatic carbocycles. The third-order valence-electron chi connectivity index (χ3n) is 5.16. The van der Waals surface area contributed by atoms with E-state index in [1.807, 2.05) is 66.4 Å². The highest BCUT2D eigenvalue weighted by molar-refractivity contribution is 7.80. The van der Waals surface area contributed by atoms with Gasteiger partial charge >= 0.3 is 0 Å². The smallest absolute Gasteiger partial charge is 0.253 e. The first kappa shape index (κ1) is 21.5. The van der Waals surface area contributed by atoms with Crippen LogP contribution < -0.4 is 15.6 Å². The Morgan fingerprint density at radius 1 is 1.12 bits per heavy atom. The molecule has 0 atom stereocenters. The summed E-state index contributed by atoms with van der Waals surface area (Å²) in [6.07, 6.45) is 3.54. The van der Waals surface area contributed by atoms with Gasteiger partial charge in [-0.25, -0.2) is 0 Å². The van der Waals surface area contributed by atoms with Gasteiger partial charge in [0.25, 0.3) is 5.56 Å². The van der Waals surface area contributed by atoms with E-state index in [2.05, 4.69) is 21.4 Å². The molecule has 0 spiro atoms. The lowest BCUT2D eigenvalue weighted by Crippen LogP contribution is -2.35.